The Morgan fingerprint density at radius 1 is 1.21 bits per heavy atom. The molecule has 0 radical (unpaired) electrons. The Bertz CT molecular complexity index is 613. The molecule has 0 atom stereocenters. The number of benzene rings is 1. The summed E-state index contributed by atoms with van der Waals surface area (Å²) in [6.07, 6.45) is 3.71. The molecule has 2 aromatic rings. The van der Waals surface area contributed by atoms with Crippen molar-refractivity contribution in [2.45, 2.75) is 0 Å². The fourth-order valence-electron chi connectivity index (χ4n) is 2.35. The van der Waals surface area contributed by atoms with Crippen LogP contribution in [0.1, 0.15) is 5.56 Å². The number of nitrogens with zero attached hydrogens (tertiary/aromatic N) is 2. The number of pyridine rings is 1. The van der Waals surface area contributed by atoms with Crippen LogP contribution in [0.3, 0.4) is 0 Å². The second-order valence-electron chi connectivity index (χ2n) is 4.73. The summed E-state index contributed by atoms with van der Waals surface area (Å²) in [4.78, 5) is 6.53. The van der Waals surface area contributed by atoms with Crippen LogP contribution in [-0.4, -0.2) is 42.6 Å². The molecule has 1 saturated heterocycles. The number of rotatable bonds is 1. The topological polar surface area (TPSA) is 28.2 Å². The SMILES string of the molecule is C(#Cc1cccc2cnccc12)CN1CCNCC1. The van der Waals surface area contributed by atoms with Gasteiger partial charge >= 0.3 is 0 Å². The predicted molar refractivity (Wildman–Crippen MR) is 77.9 cm³/mol. The first kappa shape index (κ1) is 12.2. The van der Waals surface area contributed by atoms with Crippen molar-refractivity contribution >= 4 is 10.8 Å². The molecule has 0 saturated carbocycles. The lowest BCUT2D eigenvalue weighted by atomic mass is 10.1. The number of aromatic nitrogens is 1. The molecule has 1 aromatic heterocycles. The number of fused-ring (bicyclic) bond motifs is 1. The van der Waals surface area contributed by atoms with Crippen LogP contribution in [0, 0.1) is 11.8 Å². The minimum atomic E-state index is 0.850. The number of nitrogens with one attached hydrogen (secondary N) is 1. The van der Waals surface area contributed by atoms with Crippen molar-refractivity contribution in [1.82, 2.24) is 15.2 Å². The van der Waals surface area contributed by atoms with Gasteiger partial charge in [0.15, 0.2) is 0 Å². The zero-order valence-electron chi connectivity index (χ0n) is 10.9. The van der Waals surface area contributed by atoms with Gasteiger partial charge in [0.25, 0.3) is 0 Å². The van der Waals surface area contributed by atoms with Crippen molar-refractivity contribution in [2.24, 2.45) is 0 Å². The van der Waals surface area contributed by atoms with E-state index < -0.39 is 0 Å². The Labute approximate surface area is 113 Å². The van der Waals surface area contributed by atoms with E-state index in [-0.39, 0.29) is 0 Å². The minimum Gasteiger partial charge on any atom is -0.314 e. The van der Waals surface area contributed by atoms with Gasteiger partial charge in [0.2, 0.25) is 0 Å². The Hall–Kier alpha value is -1.89. The maximum absolute atomic E-state index is 4.14. The van der Waals surface area contributed by atoms with E-state index in [9.17, 15) is 0 Å². The molecule has 0 aliphatic carbocycles. The highest BCUT2D eigenvalue weighted by Crippen LogP contribution is 2.16. The molecule has 1 N–H and O–H groups in total. The predicted octanol–water partition coefficient (Wildman–Crippen LogP) is 1.49. The Morgan fingerprint density at radius 2 is 2.11 bits per heavy atom. The van der Waals surface area contributed by atoms with Crippen molar-refractivity contribution < 1.29 is 0 Å². The summed E-state index contributed by atoms with van der Waals surface area (Å²) >= 11 is 0. The molecule has 3 rings (SSSR count). The van der Waals surface area contributed by atoms with Gasteiger partial charge in [-0.3, -0.25) is 9.88 Å². The van der Waals surface area contributed by atoms with Crippen LogP contribution in [0.2, 0.25) is 0 Å². The van der Waals surface area contributed by atoms with Crippen molar-refractivity contribution in [3.05, 3.63) is 42.2 Å². The van der Waals surface area contributed by atoms with E-state index in [1.807, 2.05) is 24.5 Å². The van der Waals surface area contributed by atoms with Crippen LogP contribution in [0.4, 0.5) is 0 Å². The largest absolute Gasteiger partial charge is 0.314 e. The highest BCUT2D eigenvalue weighted by Gasteiger charge is 2.06. The molecule has 1 aliphatic heterocycles. The molecule has 19 heavy (non-hydrogen) atoms. The fraction of sp³-hybridized carbons (Fsp3) is 0.312. The molecule has 0 bridgehead atoms. The molecule has 1 fully saturated rings. The highest BCUT2D eigenvalue weighted by atomic mass is 15.2. The first-order valence-electron chi connectivity index (χ1n) is 6.68. The monoisotopic (exact) mass is 251 g/mol. The summed E-state index contributed by atoms with van der Waals surface area (Å²) in [7, 11) is 0. The third-order valence-electron chi connectivity index (χ3n) is 3.42. The number of hydrogen-bond acceptors (Lipinski definition) is 3. The molecule has 0 spiro atoms. The lowest BCUT2D eigenvalue weighted by Gasteiger charge is -2.24. The zero-order valence-corrected chi connectivity index (χ0v) is 10.9. The first-order valence-corrected chi connectivity index (χ1v) is 6.68. The summed E-state index contributed by atoms with van der Waals surface area (Å²) in [6.45, 7) is 5.18. The average Bonchev–Trinajstić information content (AvgIpc) is 2.49. The van der Waals surface area contributed by atoms with Gasteiger partial charge in [0, 0.05) is 54.9 Å². The van der Waals surface area contributed by atoms with Crippen LogP contribution in [0.15, 0.2) is 36.7 Å². The smallest absolute Gasteiger partial charge is 0.0606 e. The van der Waals surface area contributed by atoms with Gasteiger partial charge in [-0.2, -0.15) is 0 Å². The molecule has 1 aromatic carbocycles. The molecule has 3 heteroatoms. The van der Waals surface area contributed by atoms with Crippen molar-refractivity contribution in [1.29, 1.82) is 0 Å². The maximum Gasteiger partial charge on any atom is 0.0606 e. The average molecular weight is 251 g/mol. The molecule has 2 heterocycles. The summed E-state index contributed by atoms with van der Waals surface area (Å²) in [5.74, 6) is 6.59. The van der Waals surface area contributed by atoms with E-state index in [0.29, 0.717) is 0 Å². The summed E-state index contributed by atoms with van der Waals surface area (Å²) in [6, 6.07) is 8.22. The number of hydrogen-bond donors (Lipinski definition) is 1. The molecule has 3 nitrogen and oxygen atoms in total. The van der Waals surface area contributed by atoms with Crippen LogP contribution in [-0.2, 0) is 0 Å². The maximum atomic E-state index is 4.14. The molecule has 96 valence electrons. The second-order valence-corrected chi connectivity index (χ2v) is 4.73. The van der Waals surface area contributed by atoms with E-state index in [4.69, 9.17) is 0 Å². The van der Waals surface area contributed by atoms with Gasteiger partial charge in [0.05, 0.1) is 6.54 Å². The standard InChI is InChI=1S/C16H17N3/c1-3-14(16-6-7-18-13-15(16)4-1)5-2-10-19-11-8-17-9-12-19/h1,3-4,6-7,13,17H,8-12H2. The highest BCUT2D eigenvalue weighted by molar-refractivity contribution is 5.87. The first-order chi connectivity index (χ1) is 9.43. The quantitative estimate of drug-likeness (QED) is 0.778. The fourth-order valence-corrected chi connectivity index (χ4v) is 2.35. The van der Waals surface area contributed by atoms with Gasteiger partial charge in [-0.15, -0.1) is 0 Å². The summed E-state index contributed by atoms with van der Waals surface area (Å²) in [5.41, 5.74) is 1.09. The third-order valence-corrected chi connectivity index (χ3v) is 3.42. The van der Waals surface area contributed by atoms with Gasteiger partial charge in [-0.1, -0.05) is 24.0 Å². The normalized spacial score (nSPS) is 16.0. The van der Waals surface area contributed by atoms with E-state index in [1.54, 1.807) is 0 Å². The van der Waals surface area contributed by atoms with E-state index in [0.717, 1.165) is 43.7 Å². The van der Waals surface area contributed by atoms with Gasteiger partial charge < -0.3 is 5.32 Å². The Kier molecular flexibility index (Phi) is 3.73. The minimum absolute atomic E-state index is 0.850. The lowest BCUT2D eigenvalue weighted by Crippen LogP contribution is -2.43. The van der Waals surface area contributed by atoms with Gasteiger partial charge in [0.1, 0.15) is 0 Å². The molecular formula is C16H17N3. The van der Waals surface area contributed by atoms with Gasteiger partial charge in [-0.05, 0) is 12.1 Å². The van der Waals surface area contributed by atoms with Crippen LogP contribution >= 0.6 is 0 Å². The van der Waals surface area contributed by atoms with Gasteiger partial charge in [-0.25, -0.2) is 0 Å². The van der Waals surface area contributed by atoms with Crippen LogP contribution in [0.5, 0.6) is 0 Å². The van der Waals surface area contributed by atoms with E-state index in [1.165, 1.54) is 5.39 Å². The number of piperazine rings is 1. The van der Waals surface area contributed by atoms with Crippen molar-refractivity contribution in [3.63, 3.8) is 0 Å². The van der Waals surface area contributed by atoms with E-state index in [2.05, 4.69) is 39.2 Å². The molecule has 0 amide bonds. The lowest BCUT2D eigenvalue weighted by molar-refractivity contribution is 0.268. The van der Waals surface area contributed by atoms with E-state index >= 15 is 0 Å². The summed E-state index contributed by atoms with van der Waals surface area (Å²) in [5, 5.41) is 5.69. The third kappa shape index (κ3) is 2.93. The van der Waals surface area contributed by atoms with Crippen LogP contribution in [0.25, 0.3) is 10.8 Å². The zero-order chi connectivity index (χ0) is 12.9. The summed E-state index contributed by atoms with van der Waals surface area (Å²) < 4.78 is 0. The Morgan fingerprint density at radius 3 is 3.00 bits per heavy atom. The second kappa shape index (κ2) is 5.83. The van der Waals surface area contributed by atoms with Crippen LogP contribution < -0.4 is 5.32 Å². The molecule has 0 unspecified atom stereocenters. The van der Waals surface area contributed by atoms with Crippen molar-refractivity contribution in [2.75, 3.05) is 32.7 Å². The molecule has 1 aliphatic rings. The molecular weight excluding hydrogens is 234 g/mol. The Balaban J connectivity index is 1.78. The van der Waals surface area contributed by atoms with Crippen molar-refractivity contribution in [3.8, 4) is 11.8 Å².